The van der Waals surface area contributed by atoms with Crippen LogP contribution in [0, 0.1) is 11.3 Å². The number of hydrogen-bond acceptors (Lipinski definition) is 4. The van der Waals surface area contributed by atoms with Gasteiger partial charge in [0, 0.05) is 44.6 Å². The van der Waals surface area contributed by atoms with Crippen LogP contribution in [0.3, 0.4) is 0 Å². The molecule has 3 aliphatic rings. The second kappa shape index (κ2) is 9.78. The first-order chi connectivity index (χ1) is 14.6. The van der Waals surface area contributed by atoms with Crippen LogP contribution in [0.15, 0.2) is 24.5 Å². The minimum Gasteiger partial charge on any atom is -0.342 e. The van der Waals surface area contributed by atoms with Crippen molar-refractivity contribution in [1.82, 2.24) is 19.7 Å². The Hall–Kier alpha value is -1.46. The number of nitrogens with zero attached hydrogens (tertiary/aromatic N) is 4. The largest absolute Gasteiger partial charge is 0.342 e. The molecule has 1 aromatic heterocycles. The van der Waals surface area contributed by atoms with E-state index in [1.165, 1.54) is 50.6 Å². The van der Waals surface area contributed by atoms with Gasteiger partial charge in [0.2, 0.25) is 5.91 Å². The van der Waals surface area contributed by atoms with E-state index in [9.17, 15) is 4.79 Å². The second-order valence-electron chi connectivity index (χ2n) is 9.91. The Bertz CT molecular complexity index is 682. The van der Waals surface area contributed by atoms with E-state index < -0.39 is 0 Å². The monoisotopic (exact) mass is 412 g/mol. The summed E-state index contributed by atoms with van der Waals surface area (Å²) in [6, 6.07) is 4.90. The van der Waals surface area contributed by atoms with Crippen molar-refractivity contribution in [1.29, 1.82) is 0 Å². The zero-order valence-electron chi connectivity index (χ0n) is 19.1. The highest BCUT2D eigenvalue weighted by atomic mass is 16.2. The molecule has 3 fully saturated rings. The summed E-state index contributed by atoms with van der Waals surface area (Å²) in [5, 5.41) is 0. The van der Waals surface area contributed by atoms with Crippen molar-refractivity contribution in [3.63, 3.8) is 0 Å². The summed E-state index contributed by atoms with van der Waals surface area (Å²) in [7, 11) is 0. The third-order valence-electron chi connectivity index (χ3n) is 8.28. The van der Waals surface area contributed by atoms with Gasteiger partial charge in [0.15, 0.2) is 0 Å². The molecular formula is C25H40N4O. The van der Waals surface area contributed by atoms with Crippen LogP contribution in [0.4, 0.5) is 0 Å². The Morgan fingerprint density at radius 1 is 1.07 bits per heavy atom. The first-order valence-corrected chi connectivity index (χ1v) is 12.3. The van der Waals surface area contributed by atoms with Gasteiger partial charge in [-0.05, 0) is 87.7 Å². The Morgan fingerprint density at radius 2 is 1.80 bits per heavy atom. The van der Waals surface area contributed by atoms with Crippen LogP contribution in [0.1, 0.15) is 64.4 Å². The molecule has 1 atom stereocenters. The van der Waals surface area contributed by atoms with Gasteiger partial charge in [0.05, 0.1) is 5.92 Å². The van der Waals surface area contributed by atoms with Crippen molar-refractivity contribution in [3.05, 3.63) is 30.1 Å². The lowest BCUT2D eigenvalue weighted by atomic mass is 9.82. The number of piperidine rings is 2. The molecule has 5 nitrogen and oxygen atoms in total. The van der Waals surface area contributed by atoms with Crippen LogP contribution in [-0.4, -0.2) is 70.9 Å². The van der Waals surface area contributed by atoms with Gasteiger partial charge in [-0.1, -0.05) is 13.8 Å². The lowest BCUT2D eigenvalue weighted by Gasteiger charge is -2.42. The lowest BCUT2D eigenvalue weighted by molar-refractivity contribution is -0.137. The van der Waals surface area contributed by atoms with Gasteiger partial charge in [0.25, 0.3) is 0 Å². The van der Waals surface area contributed by atoms with Gasteiger partial charge in [-0.2, -0.15) is 0 Å². The van der Waals surface area contributed by atoms with Gasteiger partial charge in [-0.15, -0.1) is 0 Å². The fourth-order valence-corrected chi connectivity index (χ4v) is 5.94. The molecular weight excluding hydrogens is 372 g/mol. The summed E-state index contributed by atoms with van der Waals surface area (Å²) >= 11 is 0. The molecule has 0 aliphatic carbocycles. The highest BCUT2D eigenvalue weighted by Gasteiger charge is 2.40. The Labute approximate surface area is 182 Å². The smallest absolute Gasteiger partial charge is 0.226 e. The van der Waals surface area contributed by atoms with Crippen molar-refractivity contribution in [2.75, 3.05) is 39.3 Å². The number of carbonyl (C=O) groups is 1. The average molecular weight is 413 g/mol. The van der Waals surface area contributed by atoms with Gasteiger partial charge in [-0.3, -0.25) is 19.6 Å². The summed E-state index contributed by atoms with van der Waals surface area (Å²) in [5.41, 5.74) is 1.74. The minimum atomic E-state index is 0.220. The molecule has 0 spiro atoms. The molecule has 3 saturated heterocycles. The lowest BCUT2D eigenvalue weighted by Crippen LogP contribution is -2.51. The number of aromatic nitrogens is 1. The third kappa shape index (κ3) is 4.88. The Kier molecular flexibility index (Phi) is 7.09. The first kappa shape index (κ1) is 21.8. The van der Waals surface area contributed by atoms with Gasteiger partial charge in [0.1, 0.15) is 0 Å². The number of amides is 1. The van der Waals surface area contributed by atoms with Crippen molar-refractivity contribution in [2.45, 2.75) is 71.4 Å². The summed E-state index contributed by atoms with van der Waals surface area (Å²) < 4.78 is 0. The fraction of sp³-hybridized carbons (Fsp3) is 0.760. The highest BCUT2D eigenvalue weighted by molar-refractivity contribution is 5.79. The molecule has 1 unspecified atom stereocenters. The molecule has 30 heavy (non-hydrogen) atoms. The van der Waals surface area contributed by atoms with E-state index in [1.54, 1.807) is 0 Å². The SMILES string of the molecule is CCC1(CC)CCN(C(=O)C2CCCN(C3CCN(Cc4ccncc4)CC3)C2)C1. The number of hydrogen-bond donors (Lipinski definition) is 0. The van der Waals surface area contributed by atoms with E-state index >= 15 is 0 Å². The first-order valence-electron chi connectivity index (χ1n) is 12.3. The normalized spacial score (nSPS) is 26.2. The predicted molar refractivity (Wildman–Crippen MR) is 121 cm³/mol. The average Bonchev–Trinajstić information content (AvgIpc) is 3.25. The molecule has 0 bridgehead atoms. The predicted octanol–water partition coefficient (Wildman–Crippen LogP) is 3.80. The van der Waals surface area contributed by atoms with E-state index in [-0.39, 0.29) is 5.92 Å². The summed E-state index contributed by atoms with van der Waals surface area (Å²) in [6.45, 7) is 12.0. The molecule has 0 aromatic carbocycles. The molecule has 1 amide bonds. The molecule has 166 valence electrons. The number of carbonyl (C=O) groups excluding carboxylic acids is 1. The van der Waals surface area contributed by atoms with E-state index in [1.807, 2.05) is 12.4 Å². The summed E-state index contributed by atoms with van der Waals surface area (Å²) in [5.74, 6) is 0.664. The minimum absolute atomic E-state index is 0.220. The molecule has 0 N–H and O–H groups in total. The van der Waals surface area contributed by atoms with Crippen LogP contribution in [-0.2, 0) is 11.3 Å². The molecule has 0 saturated carbocycles. The van der Waals surface area contributed by atoms with E-state index in [4.69, 9.17) is 0 Å². The highest BCUT2D eigenvalue weighted by Crippen LogP contribution is 2.38. The van der Waals surface area contributed by atoms with Crippen LogP contribution >= 0.6 is 0 Å². The fourth-order valence-electron chi connectivity index (χ4n) is 5.94. The number of pyridine rings is 1. The summed E-state index contributed by atoms with van der Waals surface area (Å²) in [4.78, 5) is 24.8. The summed E-state index contributed by atoms with van der Waals surface area (Å²) in [6.07, 6.45) is 12.1. The topological polar surface area (TPSA) is 39.7 Å². The van der Waals surface area contributed by atoms with Crippen molar-refractivity contribution >= 4 is 5.91 Å². The Morgan fingerprint density at radius 3 is 2.47 bits per heavy atom. The van der Waals surface area contributed by atoms with Gasteiger partial charge >= 0.3 is 0 Å². The van der Waals surface area contributed by atoms with Gasteiger partial charge in [-0.25, -0.2) is 0 Å². The van der Waals surface area contributed by atoms with E-state index in [0.717, 1.165) is 45.7 Å². The maximum Gasteiger partial charge on any atom is 0.226 e. The van der Waals surface area contributed by atoms with Crippen LogP contribution in [0.2, 0.25) is 0 Å². The standard InChI is InChI=1S/C25H40N4O/c1-3-25(4-2)11-17-29(20-25)24(30)22-6-5-14-28(19-22)23-9-15-27(16-10-23)18-21-7-12-26-13-8-21/h7-8,12-13,22-23H,3-6,9-11,14-20H2,1-2H3. The maximum absolute atomic E-state index is 13.3. The van der Waals surface area contributed by atoms with E-state index in [2.05, 4.69) is 45.7 Å². The van der Waals surface area contributed by atoms with Crippen LogP contribution < -0.4 is 0 Å². The number of likely N-dealkylation sites (tertiary alicyclic amines) is 3. The zero-order chi connectivity index (χ0) is 21.0. The van der Waals surface area contributed by atoms with Crippen LogP contribution in [0.5, 0.6) is 0 Å². The zero-order valence-corrected chi connectivity index (χ0v) is 19.1. The quantitative estimate of drug-likeness (QED) is 0.713. The third-order valence-corrected chi connectivity index (χ3v) is 8.28. The van der Waals surface area contributed by atoms with Gasteiger partial charge < -0.3 is 4.90 Å². The molecule has 4 heterocycles. The van der Waals surface area contributed by atoms with Crippen molar-refractivity contribution in [2.24, 2.45) is 11.3 Å². The Balaban J connectivity index is 1.27. The molecule has 4 rings (SSSR count). The number of rotatable bonds is 6. The van der Waals surface area contributed by atoms with E-state index in [0.29, 0.717) is 17.4 Å². The molecule has 0 radical (unpaired) electrons. The molecule has 5 heteroatoms. The van der Waals surface area contributed by atoms with Crippen LogP contribution in [0.25, 0.3) is 0 Å². The second-order valence-corrected chi connectivity index (χ2v) is 9.91. The maximum atomic E-state index is 13.3. The van der Waals surface area contributed by atoms with Crippen molar-refractivity contribution in [3.8, 4) is 0 Å². The molecule has 1 aromatic rings. The molecule has 3 aliphatic heterocycles. The van der Waals surface area contributed by atoms with Crippen molar-refractivity contribution < 1.29 is 4.79 Å².